The maximum atomic E-state index is 12.7. The van der Waals surface area contributed by atoms with E-state index in [1.807, 2.05) is 0 Å². The summed E-state index contributed by atoms with van der Waals surface area (Å²) >= 11 is 0. The van der Waals surface area contributed by atoms with E-state index in [-0.39, 0.29) is 23.4 Å². The van der Waals surface area contributed by atoms with Crippen molar-refractivity contribution in [2.24, 2.45) is 0 Å². The van der Waals surface area contributed by atoms with E-state index in [0.29, 0.717) is 16.5 Å². The lowest BCUT2D eigenvalue weighted by molar-refractivity contribution is -0.121. The number of anilines is 1. The Kier molecular flexibility index (Phi) is 6.44. The van der Waals surface area contributed by atoms with Crippen molar-refractivity contribution in [1.29, 1.82) is 0 Å². The number of hydrogen-bond acceptors (Lipinski definition) is 7. The zero-order valence-electron chi connectivity index (χ0n) is 17.3. The van der Waals surface area contributed by atoms with Gasteiger partial charge in [0.1, 0.15) is 0 Å². The van der Waals surface area contributed by atoms with Crippen LogP contribution in [0, 0.1) is 0 Å². The average Bonchev–Trinajstić information content (AvgIpc) is 2.81. The summed E-state index contributed by atoms with van der Waals surface area (Å²) in [5, 5.41) is 4.77. The molecule has 160 valence electrons. The molecule has 0 unspecified atom stereocenters. The van der Waals surface area contributed by atoms with Crippen molar-refractivity contribution in [3.05, 3.63) is 70.1 Å². The predicted molar refractivity (Wildman–Crippen MR) is 113 cm³/mol. The number of nitrogens with zero attached hydrogens (tertiary/aromatic N) is 3. The van der Waals surface area contributed by atoms with Crippen molar-refractivity contribution in [1.82, 2.24) is 9.78 Å². The first-order valence-electron chi connectivity index (χ1n) is 9.49. The summed E-state index contributed by atoms with van der Waals surface area (Å²) in [5.74, 6) is -1.98. The number of aryl methyl sites for hydroxylation is 1. The smallest absolute Gasteiger partial charge is 0.359 e. The molecule has 0 saturated heterocycles. The van der Waals surface area contributed by atoms with Gasteiger partial charge in [0, 0.05) is 19.0 Å². The summed E-state index contributed by atoms with van der Waals surface area (Å²) in [4.78, 5) is 50.8. The van der Waals surface area contributed by atoms with E-state index in [1.165, 1.54) is 29.8 Å². The Bertz CT molecular complexity index is 1220. The molecule has 0 aliphatic heterocycles. The molecule has 9 heteroatoms. The largest absolute Gasteiger partial charge is 0.465 e. The number of methoxy groups -OCH3 is 1. The quantitative estimate of drug-likeness (QED) is 0.558. The molecule has 0 N–H and O–H groups in total. The molecule has 0 spiro atoms. The maximum absolute atomic E-state index is 12.7. The van der Waals surface area contributed by atoms with Gasteiger partial charge in [-0.1, -0.05) is 30.3 Å². The molecular formula is C22H21N3O6. The molecule has 31 heavy (non-hydrogen) atoms. The normalized spacial score (nSPS) is 10.5. The lowest BCUT2D eigenvalue weighted by atomic mass is 10.1. The van der Waals surface area contributed by atoms with Gasteiger partial charge in [-0.05, 0) is 25.1 Å². The fraction of sp³-hybridized carbons (Fsp3) is 0.227. The Morgan fingerprint density at radius 2 is 1.65 bits per heavy atom. The highest BCUT2D eigenvalue weighted by Crippen LogP contribution is 2.20. The Labute approximate surface area is 177 Å². The SMILES string of the molecule is CCn1nc(C(=O)OCC(=O)N(C)c2ccccc2C(=O)OC)c2ccccc2c1=O. The van der Waals surface area contributed by atoms with Crippen molar-refractivity contribution >= 4 is 34.3 Å². The molecule has 0 fully saturated rings. The third-order valence-corrected chi connectivity index (χ3v) is 4.73. The number of fused-ring (bicyclic) bond motifs is 1. The highest BCUT2D eigenvalue weighted by molar-refractivity contribution is 6.05. The van der Waals surface area contributed by atoms with Crippen LogP contribution in [-0.4, -0.2) is 48.4 Å². The van der Waals surface area contributed by atoms with E-state index in [4.69, 9.17) is 9.47 Å². The van der Waals surface area contributed by atoms with Crippen LogP contribution < -0.4 is 10.5 Å². The number of aromatic nitrogens is 2. The van der Waals surface area contributed by atoms with E-state index in [1.54, 1.807) is 49.4 Å². The molecule has 9 nitrogen and oxygen atoms in total. The summed E-state index contributed by atoms with van der Waals surface area (Å²) < 4.78 is 11.1. The van der Waals surface area contributed by atoms with Gasteiger partial charge < -0.3 is 14.4 Å². The number of carbonyl (C=O) groups excluding carboxylic acids is 3. The van der Waals surface area contributed by atoms with Crippen molar-refractivity contribution in [3.63, 3.8) is 0 Å². The fourth-order valence-electron chi connectivity index (χ4n) is 3.08. The number of hydrogen-bond donors (Lipinski definition) is 0. The molecule has 3 rings (SSSR count). The number of benzene rings is 2. The maximum Gasteiger partial charge on any atom is 0.359 e. The zero-order valence-corrected chi connectivity index (χ0v) is 17.3. The van der Waals surface area contributed by atoms with Crippen LogP contribution in [-0.2, 0) is 20.8 Å². The third kappa shape index (κ3) is 4.30. The van der Waals surface area contributed by atoms with Gasteiger partial charge in [-0.2, -0.15) is 5.10 Å². The van der Waals surface area contributed by atoms with Gasteiger partial charge in [0.15, 0.2) is 12.3 Å². The van der Waals surface area contributed by atoms with Crippen molar-refractivity contribution in [2.75, 3.05) is 25.7 Å². The number of rotatable bonds is 6. The van der Waals surface area contributed by atoms with Gasteiger partial charge in [0.25, 0.3) is 11.5 Å². The Hall–Kier alpha value is -4.01. The van der Waals surface area contributed by atoms with Crippen LogP contribution in [0.1, 0.15) is 27.8 Å². The molecule has 0 radical (unpaired) electrons. The van der Waals surface area contributed by atoms with Crippen LogP contribution in [0.4, 0.5) is 5.69 Å². The minimum Gasteiger partial charge on any atom is -0.465 e. The number of ether oxygens (including phenoxy) is 2. The molecule has 0 saturated carbocycles. The van der Waals surface area contributed by atoms with Crippen LogP contribution in [0.2, 0.25) is 0 Å². The van der Waals surface area contributed by atoms with E-state index < -0.39 is 24.5 Å². The highest BCUT2D eigenvalue weighted by atomic mass is 16.5. The molecule has 3 aromatic rings. The second-order valence-electron chi connectivity index (χ2n) is 6.55. The van der Waals surface area contributed by atoms with Gasteiger partial charge in [0.2, 0.25) is 0 Å². The first-order chi connectivity index (χ1) is 14.9. The van der Waals surface area contributed by atoms with Crippen LogP contribution in [0.25, 0.3) is 10.8 Å². The van der Waals surface area contributed by atoms with E-state index >= 15 is 0 Å². The minimum atomic E-state index is -0.832. The topological polar surface area (TPSA) is 108 Å². The molecular weight excluding hydrogens is 402 g/mol. The number of amides is 1. The zero-order chi connectivity index (χ0) is 22.5. The van der Waals surface area contributed by atoms with Gasteiger partial charge in [-0.3, -0.25) is 9.59 Å². The van der Waals surface area contributed by atoms with Crippen LogP contribution >= 0.6 is 0 Å². The average molecular weight is 423 g/mol. The van der Waals surface area contributed by atoms with Crippen LogP contribution in [0.5, 0.6) is 0 Å². The summed E-state index contributed by atoms with van der Waals surface area (Å²) in [7, 11) is 2.71. The van der Waals surface area contributed by atoms with Gasteiger partial charge >= 0.3 is 11.9 Å². The number of para-hydroxylation sites is 1. The molecule has 1 heterocycles. The minimum absolute atomic E-state index is 0.0533. The predicted octanol–water partition coefficient (Wildman–Crippen LogP) is 2.02. The first kappa shape index (κ1) is 21.7. The van der Waals surface area contributed by atoms with Crippen LogP contribution in [0.15, 0.2) is 53.3 Å². The summed E-state index contributed by atoms with van der Waals surface area (Å²) in [6.07, 6.45) is 0. The lowest BCUT2D eigenvalue weighted by Gasteiger charge is -2.19. The Morgan fingerprint density at radius 1 is 1.00 bits per heavy atom. The number of carbonyl (C=O) groups is 3. The van der Waals surface area contributed by atoms with E-state index in [0.717, 1.165) is 0 Å². The Morgan fingerprint density at radius 3 is 2.32 bits per heavy atom. The molecule has 0 bridgehead atoms. The number of esters is 2. The molecule has 2 aromatic carbocycles. The van der Waals surface area contributed by atoms with Gasteiger partial charge in [-0.15, -0.1) is 0 Å². The molecule has 0 aliphatic carbocycles. The highest BCUT2D eigenvalue weighted by Gasteiger charge is 2.22. The summed E-state index contributed by atoms with van der Waals surface area (Å²) in [6.45, 7) is 1.43. The summed E-state index contributed by atoms with van der Waals surface area (Å²) in [5.41, 5.74) is 0.153. The second kappa shape index (κ2) is 9.21. The second-order valence-corrected chi connectivity index (χ2v) is 6.55. The van der Waals surface area contributed by atoms with Gasteiger partial charge in [0.05, 0.1) is 23.7 Å². The molecule has 0 atom stereocenters. The summed E-state index contributed by atoms with van der Waals surface area (Å²) in [6, 6.07) is 13.0. The fourth-order valence-corrected chi connectivity index (χ4v) is 3.08. The molecule has 1 amide bonds. The first-order valence-corrected chi connectivity index (χ1v) is 9.49. The monoisotopic (exact) mass is 423 g/mol. The standard InChI is InChI=1S/C22H21N3O6/c1-4-25-20(27)15-10-6-5-9-14(15)19(23-25)22(29)31-13-18(26)24(2)17-12-8-7-11-16(17)21(28)30-3/h5-12H,4,13H2,1-3H3. The number of likely N-dealkylation sites (N-methyl/N-ethyl adjacent to an activating group) is 1. The molecule has 0 aliphatic rings. The van der Waals surface area contributed by atoms with Crippen LogP contribution in [0.3, 0.4) is 0 Å². The van der Waals surface area contributed by atoms with Crippen molar-refractivity contribution < 1.29 is 23.9 Å². The third-order valence-electron chi connectivity index (χ3n) is 4.73. The van der Waals surface area contributed by atoms with Gasteiger partial charge in [-0.25, -0.2) is 14.3 Å². The van der Waals surface area contributed by atoms with E-state index in [2.05, 4.69) is 5.10 Å². The van der Waals surface area contributed by atoms with Crippen molar-refractivity contribution in [2.45, 2.75) is 13.5 Å². The Balaban J connectivity index is 1.82. The van der Waals surface area contributed by atoms with E-state index in [9.17, 15) is 19.2 Å². The lowest BCUT2D eigenvalue weighted by Crippen LogP contribution is -2.33. The molecule has 1 aromatic heterocycles. The van der Waals surface area contributed by atoms with Crippen molar-refractivity contribution in [3.8, 4) is 0 Å².